The van der Waals surface area contributed by atoms with Crippen molar-refractivity contribution in [1.29, 1.82) is 0 Å². The average molecular weight is 256 g/mol. The first kappa shape index (κ1) is 13.1. The molecule has 0 fully saturated rings. The number of methoxy groups -OCH3 is 1. The molecule has 98 valence electrons. The number of ether oxygens (including phenoxy) is 2. The predicted octanol–water partition coefficient (Wildman–Crippen LogP) is 3.36. The minimum absolute atomic E-state index is 0.342. The van der Waals surface area contributed by atoms with Gasteiger partial charge in [0.2, 0.25) is 0 Å². The van der Waals surface area contributed by atoms with Crippen molar-refractivity contribution in [2.75, 3.05) is 7.11 Å². The second kappa shape index (κ2) is 6.05. The highest BCUT2D eigenvalue weighted by Crippen LogP contribution is 2.16. The van der Waals surface area contributed by atoms with E-state index in [2.05, 4.69) is 0 Å². The molecule has 0 heterocycles. The first-order chi connectivity index (χ1) is 9.20. The number of benzene rings is 2. The van der Waals surface area contributed by atoms with E-state index in [9.17, 15) is 4.79 Å². The van der Waals surface area contributed by atoms with Gasteiger partial charge in [-0.25, -0.2) is 4.79 Å². The molecule has 0 saturated carbocycles. The Morgan fingerprint density at radius 3 is 2.63 bits per heavy atom. The van der Waals surface area contributed by atoms with Gasteiger partial charge < -0.3 is 9.47 Å². The van der Waals surface area contributed by atoms with Gasteiger partial charge in [0.25, 0.3) is 0 Å². The van der Waals surface area contributed by atoms with Crippen molar-refractivity contribution in [3.63, 3.8) is 0 Å². The van der Waals surface area contributed by atoms with Gasteiger partial charge in [-0.15, -0.1) is 0 Å². The zero-order valence-corrected chi connectivity index (χ0v) is 11.1. The molecule has 0 N–H and O–H groups in total. The summed E-state index contributed by atoms with van der Waals surface area (Å²) in [4.78, 5) is 11.6. The van der Waals surface area contributed by atoms with E-state index in [0.29, 0.717) is 12.2 Å². The molecule has 0 radical (unpaired) electrons. The van der Waals surface area contributed by atoms with Gasteiger partial charge in [-0.1, -0.05) is 30.3 Å². The largest absolute Gasteiger partial charge is 0.489 e. The second-order valence-corrected chi connectivity index (χ2v) is 4.25. The van der Waals surface area contributed by atoms with Crippen LogP contribution < -0.4 is 4.74 Å². The number of hydrogen-bond donors (Lipinski definition) is 0. The molecule has 0 atom stereocenters. The van der Waals surface area contributed by atoms with E-state index in [4.69, 9.17) is 9.47 Å². The van der Waals surface area contributed by atoms with Gasteiger partial charge in [-0.05, 0) is 30.7 Å². The second-order valence-electron chi connectivity index (χ2n) is 4.25. The third kappa shape index (κ3) is 3.35. The van der Waals surface area contributed by atoms with Crippen LogP contribution in [0.5, 0.6) is 5.75 Å². The topological polar surface area (TPSA) is 35.5 Å². The summed E-state index contributed by atoms with van der Waals surface area (Å²) in [6, 6.07) is 15.1. The van der Waals surface area contributed by atoms with Crippen molar-refractivity contribution < 1.29 is 14.3 Å². The van der Waals surface area contributed by atoms with Crippen LogP contribution >= 0.6 is 0 Å². The quantitative estimate of drug-likeness (QED) is 0.787. The van der Waals surface area contributed by atoms with Crippen LogP contribution in [0, 0.1) is 6.92 Å². The summed E-state index contributed by atoms with van der Waals surface area (Å²) in [6.45, 7) is 2.35. The van der Waals surface area contributed by atoms with Crippen LogP contribution in [0.15, 0.2) is 48.5 Å². The number of esters is 1. The Kier molecular flexibility index (Phi) is 4.18. The first-order valence-electron chi connectivity index (χ1n) is 6.06. The third-order valence-corrected chi connectivity index (χ3v) is 2.81. The average Bonchev–Trinajstić information content (AvgIpc) is 2.45. The van der Waals surface area contributed by atoms with Crippen molar-refractivity contribution in [3.8, 4) is 5.75 Å². The summed E-state index contributed by atoms with van der Waals surface area (Å²) in [5.41, 5.74) is 2.49. The lowest BCUT2D eigenvalue weighted by Crippen LogP contribution is -2.07. The van der Waals surface area contributed by atoms with E-state index < -0.39 is 0 Å². The SMILES string of the molecule is COC(=O)c1ccccc1COc1cccc(C)c1. The third-order valence-electron chi connectivity index (χ3n) is 2.81. The van der Waals surface area contributed by atoms with Gasteiger partial charge in [0.15, 0.2) is 0 Å². The van der Waals surface area contributed by atoms with Gasteiger partial charge in [0, 0.05) is 5.56 Å². The molecule has 2 rings (SSSR count). The standard InChI is InChI=1S/C16H16O3/c1-12-6-5-8-14(10-12)19-11-13-7-3-4-9-15(13)16(17)18-2/h3-10H,11H2,1-2H3. The van der Waals surface area contributed by atoms with Crippen LogP contribution in [0.1, 0.15) is 21.5 Å². The Hall–Kier alpha value is -2.29. The molecule has 0 aliphatic rings. The van der Waals surface area contributed by atoms with E-state index >= 15 is 0 Å². The Labute approximate surface area is 112 Å². The lowest BCUT2D eigenvalue weighted by atomic mass is 10.1. The van der Waals surface area contributed by atoms with Crippen molar-refractivity contribution in [3.05, 3.63) is 65.2 Å². The fraction of sp³-hybridized carbons (Fsp3) is 0.188. The lowest BCUT2D eigenvalue weighted by Gasteiger charge is -2.10. The Morgan fingerprint density at radius 1 is 1.11 bits per heavy atom. The fourth-order valence-electron chi connectivity index (χ4n) is 1.82. The minimum Gasteiger partial charge on any atom is -0.489 e. The molecule has 2 aromatic carbocycles. The van der Waals surface area contributed by atoms with Gasteiger partial charge in [-0.3, -0.25) is 0 Å². The van der Waals surface area contributed by atoms with E-state index in [1.807, 2.05) is 49.4 Å². The maximum atomic E-state index is 11.6. The normalized spacial score (nSPS) is 10.0. The number of carbonyl (C=O) groups is 1. The zero-order valence-electron chi connectivity index (χ0n) is 11.1. The maximum Gasteiger partial charge on any atom is 0.338 e. The smallest absolute Gasteiger partial charge is 0.338 e. The van der Waals surface area contributed by atoms with Gasteiger partial charge in [-0.2, -0.15) is 0 Å². The molecule has 0 saturated heterocycles. The summed E-state index contributed by atoms with van der Waals surface area (Å²) in [6.07, 6.45) is 0. The molecule has 2 aromatic rings. The highest BCUT2D eigenvalue weighted by atomic mass is 16.5. The number of aryl methyl sites for hydroxylation is 1. The van der Waals surface area contributed by atoms with Crippen molar-refractivity contribution in [2.45, 2.75) is 13.5 Å². The summed E-state index contributed by atoms with van der Waals surface area (Å²) < 4.78 is 10.5. The van der Waals surface area contributed by atoms with Crippen molar-refractivity contribution in [1.82, 2.24) is 0 Å². The van der Waals surface area contributed by atoms with E-state index in [1.165, 1.54) is 7.11 Å². The van der Waals surface area contributed by atoms with Gasteiger partial charge in [0.05, 0.1) is 12.7 Å². The Balaban J connectivity index is 2.13. The van der Waals surface area contributed by atoms with Crippen molar-refractivity contribution in [2.24, 2.45) is 0 Å². The van der Waals surface area contributed by atoms with Gasteiger partial charge in [0.1, 0.15) is 12.4 Å². The molecular weight excluding hydrogens is 240 g/mol. The molecule has 3 heteroatoms. The molecule has 0 aliphatic carbocycles. The highest BCUT2D eigenvalue weighted by molar-refractivity contribution is 5.90. The summed E-state index contributed by atoms with van der Waals surface area (Å²) >= 11 is 0. The molecule has 0 bridgehead atoms. The van der Waals surface area contributed by atoms with E-state index in [0.717, 1.165) is 16.9 Å². The lowest BCUT2D eigenvalue weighted by molar-refractivity contribution is 0.0597. The molecular formula is C16H16O3. The Bertz CT molecular complexity index is 576. The molecule has 3 nitrogen and oxygen atoms in total. The van der Waals surface area contributed by atoms with Gasteiger partial charge >= 0.3 is 5.97 Å². The van der Waals surface area contributed by atoms with Crippen LogP contribution in [0.2, 0.25) is 0 Å². The van der Waals surface area contributed by atoms with Crippen LogP contribution in [0.25, 0.3) is 0 Å². The number of rotatable bonds is 4. The first-order valence-corrected chi connectivity index (χ1v) is 6.06. The molecule has 0 aromatic heterocycles. The summed E-state index contributed by atoms with van der Waals surface area (Å²) in [7, 11) is 1.38. The van der Waals surface area contributed by atoms with E-state index in [1.54, 1.807) is 6.07 Å². The highest BCUT2D eigenvalue weighted by Gasteiger charge is 2.11. The van der Waals surface area contributed by atoms with Crippen LogP contribution in [-0.2, 0) is 11.3 Å². The summed E-state index contributed by atoms with van der Waals surface area (Å²) in [5.74, 6) is 0.447. The molecule has 0 aliphatic heterocycles. The van der Waals surface area contributed by atoms with Crippen LogP contribution in [0.4, 0.5) is 0 Å². The molecule has 0 spiro atoms. The number of carbonyl (C=O) groups excluding carboxylic acids is 1. The monoisotopic (exact) mass is 256 g/mol. The van der Waals surface area contributed by atoms with Crippen molar-refractivity contribution >= 4 is 5.97 Å². The fourth-order valence-corrected chi connectivity index (χ4v) is 1.82. The summed E-state index contributed by atoms with van der Waals surface area (Å²) in [5, 5.41) is 0. The minimum atomic E-state index is -0.344. The molecule has 19 heavy (non-hydrogen) atoms. The van der Waals surface area contributed by atoms with Crippen LogP contribution in [-0.4, -0.2) is 13.1 Å². The Morgan fingerprint density at radius 2 is 1.89 bits per heavy atom. The molecule has 0 amide bonds. The maximum absolute atomic E-state index is 11.6. The zero-order chi connectivity index (χ0) is 13.7. The van der Waals surface area contributed by atoms with Crippen LogP contribution in [0.3, 0.4) is 0 Å². The van der Waals surface area contributed by atoms with E-state index in [-0.39, 0.29) is 5.97 Å². The molecule has 0 unspecified atom stereocenters. The number of hydrogen-bond acceptors (Lipinski definition) is 3. The predicted molar refractivity (Wildman–Crippen MR) is 73.3 cm³/mol.